The summed E-state index contributed by atoms with van der Waals surface area (Å²) >= 11 is 0. The average molecular weight is 195 g/mol. The Kier molecular flexibility index (Phi) is 1.84. The Hall–Kier alpha value is -1.38. The fourth-order valence-corrected chi connectivity index (χ4v) is 1.74. The van der Waals surface area contributed by atoms with Crippen LogP contribution in [0.25, 0.3) is 10.9 Å². The first-order valence-electron chi connectivity index (χ1n) is 4.43. The SMILES string of the molecule is Cc1cc(F)c(F)c2c1cc(C)n2C. The van der Waals surface area contributed by atoms with Gasteiger partial charge in [-0.1, -0.05) is 0 Å². The maximum atomic E-state index is 13.5. The van der Waals surface area contributed by atoms with Crippen molar-refractivity contribution >= 4 is 10.9 Å². The molecule has 0 spiro atoms. The third-order valence-electron chi connectivity index (χ3n) is 2.66. The number of fused-ring (bicyclic) bond motifs is 1. The van der Waals surface area contributed by atoms with E-state index < -0.39 is 11.6 Å². The van der Waals surface area contributed by atoms with Gasteiger partial charge in [0.05, 0.1) is 5.52 Å². The van der Waals surface area contributed by atoms with Crippen molar-refractivity contribution < 1.29 is 8.78 Å². The molecule has 0 saturated heterocycles. The van der Waals surface area contributed by atoms with Gasteiger partial charge in [-0.3, -0.25) is 0 Å². The van der Waals surface area contributed by atoms with Crippen molar-refractivity contribution in [2.24, 2.45) is 7.05 Å². The molecular formula is C11H11F2N. The van der Waals surface area contributed by atoms with Crippen molar-refractivity contribution in [3.05, 3.63) is 35.0 Å². The molecule has 1 aromatic carbocycles. The Morgan fingerprint density at radius 1 is 1.14 bits per heavy atom. The van der Waals surface area contributed by atoms with Crippen LogP contribution in [0.4, 0.5) is 8.78 Å². The molecule has 74 valence electrons. The predicted octanol–water partition coefficient (Wildman–Crippen LogP) is 3.07. The van der Waals surface area contributed by atoms with Crippen LogP contribution in [0.5, 0.6) is 0 Å². The van der Waals surface area contributed by atoms with Crippen molar-refractivity contribution in [3.8, 4) is 0 Å². The molecule has 0 atom stereocenters. The highest BCUT2D eigenvalue weighted by atomic mass is 19.2. The van der Waals surface area contributed by atoms with Gasteiger partial charge in [0.1, 0.15) is 0 Å². The summed E-state index contributed by atoms with van der Waals surface area (Å²) in [4.78, 5) is 0. The molecule has 0 aliphatic heterocycles. The zero-order chi connectivity index (χ0) is 10.5. The van der Waals surface area contributed by atoms with Crippen molar-refractivity contribution in [1.82, 2.24) is 4.57 Å². The van der Waals surface area contributed by atoms with E-state index in [4.69, 9.17) is 0 Å². The first-order chi connectivity index (χ1) is 6.52. The van der Waals surface area contributed by atoms with Crippen LogP contribution in [-0.4, -0.2) is 4.57 Å². The molecule has 0 amide bonds. The second-order valence-corrected chi connectivity index (χ2v) is 3.60. The lowest BCUT2D eigenvalue weighted by atomic mass is 10.1. The number of aromatic nitrogens is 1. The van der Waals surface area contributed by atoms with E-state index in [1.807, 2.05) is 13.0 Å². The van der Waals surface area contributed by atoms with Gasteiger partial charge >= 0.3 is 0 Å². The van der Waals surface area contributed by atoms with Crippen LogP contribution in [0, 0.1) is 25.5 Å². The van der Waals surface area contributed by atoms with Crippen LogP contribution in [0.3, 0.4) is 0 Å². The second-order valence-electron chi connectivity index (χ2n) is 3.60. The van der Waals surface area contributed by atoms with Crippen molar-refractivity contribution in [2.45, 2.75) is 13.8 Å². The topological polar surface area (TPSA) is 4.93 Å². The lowest BCUT2D eigenvalue weighted by Crippen LogP contribution is -1.95. The smallest absolute Gasteiger partial charge is 0.183 e. The zero-order valence-corrected chi connectivity index (χ0v) is 8.36. The summed E-state index contributed by atoms with van der Waals surface area (Å²) in [5.41, 5.74) is 2.04. The Morgan fingerprint density at radius 3 is 2.43 bits per heavy atom. The largest absolute Gasteiger partial charge is 0.345 e. The van der Waals surface area contributed by atoms with Crippen LogP contribution < -0.4 is 0 Å². The van der Waals surface area contributed by atoms with E-state index in [0.717, 1.165) is 16.6 Å². The molecule has 2 rings (SSSR count). The van der Waals surface area contributed by atoms with Crippen LogP contribution in [0.15, 0.2) is 12.1 Å². The van der Waals surface area contributed by atoms with Gasteiger partial charge in [-0.15, -0.1) is 0 Å². The normalized spacial score (nSPS) is 11.2. The monoisotopic (exact) mass is 195 g/mol. The average Bonchev–Trinajstić information content (AvgIpc) is 2.41. The van der Waals surface area contributed by atoms with Gasteiger partial charge in [0, 0.05) is 18.1 Å². The number of hydrogen-bond acceptors (Lipinski definition) is 0. The minimum Gasteiger partial charge on any atom is -0.345 e. The molecule has 2 aromatic rings. The van der Waals surface area contributed by atoms with Crippen LogP contribution in [0.2, 0.25) is 0 Å². The summed E-state index contributed by atoms with van der Waals surface area (Å²) in [5, 5.41) is 0.781. The third-order valence-corrected chi connectivity index (χ3v) is 2.66. The number of aryl methyl sites for hydroxylation is 3. The van der Waals surface area contributed by atoms with Gasteiger partial charge < -0.3 is 4.57 Å². The fraction of sp³-hybridized carbons (Fsp3) is 0.273. The second kappa shape index (κ2) is 2.80. The molecule has 0 unspecified atom stereocenters. The minimum atomic E-state index is -0.781. The molecule has 1 aromatic heterocycles. The Labute approximate surface area is 81.0 Å². The number of halogens is 2. The summed E-state index contributed by atoms with van der Waals surface area (Å²) < 4.78 is 28.2. The summed E-state index contributed by atoms with van der Waals surface area (Å²) in [5.74, 6) is -1.54. The molecule has 0 saturated carbocycles. The van der Waals surface area contributed by atoms with Gasteiger partial charge in [-0.25, -0.2) is 8.78 Å². The van der Waals surface area contributed by atoms with Gasteiger partial charge in [0.15, 0.2) is 11.6 Å². The number of hydrogen-bond donors (Lipinski definition) is 0. The highest BCUT2D eigenvalue weighted by molar-refractivity contribution is 5.85. The molecule has 0 fully saturated rings. The first-order valence-corrected chi connectivity index (χ1v) is 4.43. The van der Waals surface area contributed by atoms with Gasteiger partial charge in [-0.2, -0.15) is 0 Å². The third kappa shape index (κ3) is 1.05. The molecule has 0 radical (unpaired) electrons. The summed E-state index contributed by atoms with van der Waals surface area (Å²) in [6.45, 7) is 3.65. The minimum absolute atomic E-state index is 0.347. The molecule has 0 N–H and O–H groups in total. The number of rotatable bonds is 0. The Balaban J connectivity index is 3.03. The maximum Gasteiger partial charge on any atom is 0.183 e. The van der Waals surface area contributed by atoms with Gasteiger partial charge in [0.2, 0.25) is 0 Å². The number of benzene rings is 1. The summed E-state index contributed by atoms with van der Waals surface area (Å²) in [6, 6.07) is 3.10. The quantitative estimate of drug-likeness (QED) is 0.608. The molecule has 3 heteroatoms. The summed E-state index contributed by atoms with van der Waals surface area (Å²) in [6.07, 6.45) is 0. The molecule has 0 aliphatic rings. The lowest BCUT2D eigenvalue weighted by Gasteiger charge is -2.03. The van der Waals surface area contributed by atoms with E-state index in [0.29, 0.717) is 5.52 Å². The van der Waals surface area contributed by atoms with Crippen molar-refractivity contribution in [1.29, 1.82) is 0 Å². The molecule has 0 bridgehead atoms. The van der Waals surface area contributed by atoms with Crippen LogP contribution in [-0.2, 0) is 7.05 Å². The fourth-order valence-electron chi connectivity index (χ4n) is 1.74. The summed E-state index contributed by atoms with van der Waals surface area (Å²) in [7, 11) is 1.74. The van der Waals surface area contributed by atoms with E-state index in [9.17, 15) is 8.78 Å². The highest BCUT2D eigenvalue weighted by Gasteiger charge is 2.14. The molecule has 14 heavy (non-hydrogen) atoms. The molecule has 1 nitrogen and oxygen atoms in total. The predicted molar refractivity (Wildman–Crippen MR) is 52.3 cm³/mol. The van der Waals surface area contributed by atoms with Gasteiger partial charge in [-0.05, 0) is 31.5 Å². The Morgan fingerprint density at radius 2 is 1.79 bits per heavy atom. The maximum absolute atomic E-state index is 13.5. The van der Waals surface area contributed by atoms with E-state index in [-0.39, 0.29) is 0 Å². The Bertz CT molecular complexity index is 512. The zero-order valence-electron chi connectivity index (χ0n) is 8.36. The highest BCUT2D eigenvalue weighted by Crippen LogP contribution is 2.26. The van der Waals surface area contributed by atoms with E-state index in [1.165, 1.54) is 6.07 Å². The van der Waals surface area contributed by atoms with Crippen molar-refractivity contribution in [2.75, 3.05) is 0 Å². The first kappa shape index (κ1) is 9.19. The van der Waals surface area contributed by atoms with E-state index in [2.05, 4.69) is 0 Å². The number of nitrogens with zero attached hydrogens (tertiary/aromatic N) is 1. The molecular weight excluding hydrogens is 184 g/mol. The van der Waals surface area contributed by atoms with E-state index in [1.54, 1.807) is 18.5 Å². The molecule has 0 aliphatic carbocycles. The molecule has 1 heterocycles. The van der Waals surface area contributed by atoms with Gasteiger partial charge in [0.25, 0.3) is 0 Å². The lowest BCUT2D eigenvalue weighted by molar-refractivity contribution is 0.512. The standard InChI is InChI=1S/C11H11F2N/c1-6-4-9(12)10(13)11-8(6)5-7(2)14(11)3/h4-5H,1-3H3. The van der Waals surface area contributed by atoms with Crippen LogP contribution >= 0.6 is 0 Å². The van der Waals surface area contributed by atoms with Crippen LogP contribution in [0.1, 0.15) is 11.3 Å². The van der Waals surface area contributed by atoms with Crippen molar-refractivity contribution in [3.63, 3.8) is 0 Å². The van der Waals surface area contributed by atoms with E-state index >= 15 is 0 Å².